The number of hydrogen-bond acceptors (Lipinski definition) is 7. The van der Waals surface area contributed by atoms with Gasteiger partial charge in [-0.25, -0.2) is 13.8 Å². The fourth-order valence-electron chi connectivity index (χ4n) is 4.12. The lowest BCUT2D eigenvalue weighted by molar-refractivity contribution is -0.119. The van der Waals surface area contributed by atoms with Gasteiger partial charge in [0, 0.05) is 10.0 Å². The van der Waals surface area contributed by atoms with E-state index in [4.69, 9.17) is 37.4 Å². The van der Waals surface area contributed by atoms with Gasteiger partial charge in [-0.15, -0.1) is 0 Å². The summed E-state index contributed by atoms with van der Waals surface area (Å²) in [5.74, 6) is 0.557. The van der Waals surface area contributed by atoms with Crippen LogP contribution >= 0.6 is 23.2 Å². The third-order valence-corrected chi connectivity index (χ3v) is 8.50. The number of sulfonamides is 1. The van der Waals surface area contributed by atoms with E-state index < -0.39 is 22.5 Å². The van der Waals surface area contributed by atoms with Crippen molar-refractivity contribution in [3.8, 4) is 17.2 Å². The fourth-order valence-corrected chi connectivity index (χ4v) is 5.92. The van der Waals surface area contributed by atoms with Crippen molar-refractivity contribution in [3.05, 3.63) is 112 Å². The van der Waals surface area contributed by atoms with E-state index in [0.717, 1.165) is 15.4 Å². The molecule has 0 spiro atoms. The van der Waals surface area contributed by atoms with Crippen LogP contribution in [0.15, 0.2) is 94.9 Å². The largest absolute Gasteiger partial charge is 0.495 e. The number of hydrogen-bond donors (Lipinski definition) is 1. The van der Waals surface area contributed by atoms with E-state index in [0.29, 0.717) is 35.3 Å². The van der Waals surface area contributed by atoms with Crippen LogP contribution in [0.2, 0.25) is 10.0 Å². The zero-order chi connectivity index (χ0) is 31.7. The van der Waals surface area contributed by atoms with Gasteiger partial charge < -0.3 is 14.2 Å². The fraction of sp³-hybridized carbons (Fsp3) is 0.188. The summed E-state index contributed by atoms with van der Waals surface area (Å²) in [6, 6.07) is 23.4. The summed E-state index contributed by atoms with van der Waals surface area (Å²) in [6.07, 6.45) is 1.42. The van der Waals surface area contributed by atoms with Crippen molar-refractivity contribution < 1.29 is 27.4 Å². The highest BCUT2D eigenvalue weighted by Gasteiger charge is 2.29. The van der Waals surface area contributed by atoms with Gasteiger partial charge in [0.15, 0.2) is 11.5 Å². The Balaban J connectivity index is 1.52. The zero-order valence-electron chi connectivity index (χ0n) is 24.3. The molecule has 0 aliphatic carbocycles. The van der Waals surface area contributed by atoms with Crippen molar-refractivity contribution in [2.24, 2.45) is 5.10 Å². The smallest absolute Gasteiger partial charge is 0.264 e. The Kier molecular flexibility index (Phi) is 11.1. The van der Waals surface area contributed by atoms with Crippen molar-refractivity contribution >= 4 is 51.0 Å². The van der Waals surface area contributed by atoms with Crippen LogP contribution in [-0.2, 0) is 21.4 Å². The molecular formula is C32H31Cl2N3O6S. The quantitative estimate of drug-likeness (QED) is 0.128. The van der Waals surface area contributed by atoms with Crippen LogP contribution < -0.4 is 23.9 Å². The first-order valence-electron chi connectivity index (χ1n) is 13.5. The number of carbonyl (C=O) groups excluding carboxylic acids is 1. The molecule has 4 aromatic carbocycles. The first-order valence-corrected chi connectivity index (χ1v) is 15.7. The third-order valence-electron chi connectivity index (χ3n) is 6.26. The Labute approximate surface area is 267 Å². The maximum atomic E-state index is 13.7. The molecule has 1 N–H and O–H groups in total. The summed E-state index contributed by atoms with van der Waals surface area (Å²) in [6.45, 7) is 3.81. The maximum Gasteiger partial charge on any atom is 0.264 e. The molecule has 0 aliphatic heterocycles. The number of rotatable bonds is 13. The van der Waals surface area contributed by atoms with Crippen molar-refractivity contribution in [1.29, 1.82) is 0 Å². The van der Waals surface area contributed by atoms with Gasteiger partial charge in [0.1, 0.15) is 18.9 Å². The molecule has 9 nitrogen and oxygen atoms in total. The van der Waals surface area contributed by atoms with Crippen LogP contribution in [0, 0.1) is 6.92 Å². The van der Waals surface area contributed by atoms with Crippen molar-refractivity contribution in [1.82, 2.24) is 5.43 Å². The SMILES string of the molecule is CCOc1cc(/C=N/NC(=O)CN(c2cc(Cl)ccc2OC)S(=O)(=O)c2ccc(C)cc2)ccc1OCc1cccc(Cl)c1. The van der Waals surface area contributed by atoms with E-state index in [1.54, 1.807) is 42.5 Å². The lowest BCUT2D eigenvalue weighted by Crippen LogP contribution is -2.39. The second-order valence-electron chi connectivity index (χ2n) is 9.49. The third kappa shape index (κ3) is 8.43. The Bertz CT molecular complexity index is 1750. The van der Waals surface area contributed by atoms with E-state index in [1.807, 2.05) is 32.0 Å². The number of ether oxygens (including phenoxy) is 3. The van der Waals surface area contributed by atoms with Gasteiger partial charge >= 0.3 is 0 Å². The van der Waals surface area contributed by atoms with Gasteiger partial charge in [-0.05, 0) is 85.6 Å². The molecule has 1 amide bonds. The van der Waals surface area contributed by atoms with Crippen molar-refractivity contribution in [3.63, 3.8) is 0 Å². The molecule has 12 heteroatoms. The molecule has 0 atom stereocenters. The van der Waals surface area contributed by atoms with E-state index in [2.05, 4.69) is 10.5 Å². The molecular weight excluding hydrogens is 625 g/mol. The number of carbonyl (C=O) groups is 1. The van der Waals surface area contributed by atoms with E-state index >= 15 is 0 Å². The summed E-state index contributed by atoms with van der Waals surface area (Å²) in [5.41, 5.74) is 4.91. The molecule has 0 heterocycles. The van der Waals surface area contributed by atoms with E-state index in [9.17, 15) is 13.2 Å². The highest BCUT2D eigenvalue weighted by Crippen LogP contribution is 2.35. The Morgan fingerprint density at radius 2 is 1.64 bits per heavy atom. The number of anilines is 1. The number of amides is 1. The number of methoxy groups -OCH3 is 1. The van der Waals surface area contributed by atoms with Crippen molar-refractivity contribution in [2.75, 3.05) is 24.6 Å². The number of hydrazone groups is 1. The zero-order valence-corrected chi connectivity index (χ0v) is 26.6. The van der Waals surface area contributed by atoms with Gasteiger partial charge in [-0.3, -0.25) is 9.10 Å². The molecule has 0 unspecified atom stereocenters. The molecule has 0 aromatic heterocycles. The summed E-state index contributed by atoms with van der Waals surface area (Å²) in [7, 11) is -2.79. The van der Waals surface area contributed by atoms with Gasteiger partial charge in [-0.2, -0.15) is 5.10 Å². The average Bonchev–Trinajstić information content (AvgIpc) is 3.00. The average molecular weight is 657 g/mol. The normalized spacial score (nSPS) is 11.3. The maximum absolute atomic E-state index is 13.7. The molecule has 44 heavy (non-hydrogen) atoms. The highest BCUT2D eigenvalue weighted by atomic mass is 35.5. The standard InChI is InChI=1S/C32H31Cl2N3O6S/c1-4-42-31-17-23(10-14-30(31)43-21-24-6-5-7-25(33)16-24)19-35-36-32(38)20-37(28-18-26(34)11-15-29(28)41-3)44(39,40)27-12-8-22(2)9-13-27/h5-19H,4,20-21H2,1-3H3,(H,36,38)/b35-19+. The molecule has 0 saturated carbocycles. The van der Waals surface area contributed by atoms with Gasteiger partial charge in [0.05, 0.1) is 30.5 Å². The number of halogens is 2. The minimum absolute atomic E-state index is 0.00236. The monoisotopic (exact) mass is 655 g/mol. The predicted octanol–water partition coefficient (Wildman–Crippen LogP) is 6.63. The predicted molar refractivity (Wildman–Crippen MR) is 173 cm³/mol. The van der Waals surface area contributed by atoms with Crippen LogP contribution in [0.3, 0.4) is 0 Å². The van der Waals surface area contributed by atoms with Crippen molar-refractivity contribution in [2.45, 2.75) is 25.3 Å². The van der Waals surface area contributed by atoms with Crippen LogP contribution in [0.25, 0.3) is 0 Å². The first-order chi connectivity index (χ1) is 21.1. The molecule has 4 rings (SSSR count). The van der Waals surface area contributed by atoms with Crippen LogP contribution in [0.4, 0.5) is 5.69 Å². The van der Waals surface area contributed by atoms with Gasteiger partial charge in [0.25, 0.3) is 15.9 Å². The topological polar surface area (TPSA) is 107 Å². The Morgan fingerprint density at radius 3 is 2.34 bits per heavy atom. The lowest BCUT2D eigenvalue weighted by Gasteiger charge is -2.25. The molecule has 4 aromatic rings. The molecule has 0 saturated heterocycles. The summed E-state index contributed by atoms with van der Waals surface area (Å²) >= 11 is 12.3. The number of benzene rings is 4. The summed E-state index contributed by atoms with van der Waals surface area (Å²) < 4.78 is 45.4. The van der Waals surface area contributed by atoms with E-state index in [-0.39, 0.29) is 21.4 Å². The second-order valence-corrected chi connectivity index (χ2v) is 12.2. The van der Waals surface area contributed by atoms with E-state index in [1.165, 1.54) is 37.6 Å². The molecule has 0 fully saturated rings. The first kappa shape index (κ1) is 32.7. The second kappa shape index (κ2) is 15.0. The van der Waals surface area contributed by atoms with Gasteiger partial charge in [0.2, 0.25) is 0 Å². The summed E-state index contributed by atoms with van der Waals surface area (Å²) in [5, 5.41) is 4.92. The van der Waals surface area contributed by atoms with Crippen LogP contribution in [0.1, 0.15) is 23.6 Å². The molecule has 0 aliphatic rings. The van der Waals surface area contributed by atoms with Gasteiger partial charge in [-0.1, -0.05) is 53.0 Å². The molecule has 0 bridgehead atoms. The Hall–Kier alpha value is -4.25. The van der Waals surface area contributed by atoms with Crippen LogP contribution in [0.5, 0.6) is 17.2 Å². The minimum Gasteiger partial charge on any atom is -0.495 e. The number of nitrogens with one attached hydrogen (secondary N) is 1. The lowest BCUT2D eigenvalue weighted by atomic mass is 10.2. The molecule has 230 valence electrons. The minimum atomic E-state index is -4.19. The number of aryl methyl sites for hydroxylation is 1. The summed E-state index contributed by atoms with van der Waals surface area (Å²) in [4.78, 5) is 13.0. The molecule has 0 radical (unpaired) electrons. The van der Waals surface area contributed by atoms with Crippen LogP contribution in [-0.4, -0.2) is 40.8 Å². The Morgan fingerprint density at radius 1 is 0.909 bits per heavy atom. The number of nitrogens with zero attached hydrogens (tertiary/aromatic N) is 2. The highest BCUT2D eigenvalue weighted by molar-refractivity contribution is 7.92.